The van der Waals surface area contributed by atoms with Crippen molar-refractivity contribution >= 4 is 5.91 Å². The minimum absolute atomic E-state index is 0.155. The highest BCUT2D eigenvalue weighted by Crippen LogP contribution is 2.38. The molecule has 6 nitrogen and oxygen atoms in total. The molecule has 1 unspecified atom stereocenters. The number of rotatable bonds is 6. The SMILES string of the molecule is COc1cc(C(=O)NCC2NCCCC2(C)C)cc(OC)c1OC. The van der Waals surface area contributed by atoms with E-state index in [9.17, 15) is 4.79 Å². The number of carbonyl (C=O) groups is 1. The number of carbonyl (C=O) groups excluding carboxylic acids is 1. The molecule has 24 heavy (non-hydrogen) atoms. The van der Waals surface area contributed by atoms with Crippen LogP contribution in [0.1, 0.15) is 37.0 Å². The van der Waals surface area contributed by atoms with Gasteiger partial charge < -0.3 is 24.8 Å². The van der Waals surface area contributed by atoms with Crippen LogP contribution in [0.5, 0.6) is 17.2 Å². The van der Waals surface area contributed by atoms with Crippen molar-refractivity contribution in [1.29, 1.82) is 0 Å². The molecule has 0 spiro atoms. The Morgan fingerprint density at radius 3 is 2.33 bits per heavy atom. The number of piperidine rings is 1. The van der Waals surface area contributed by atoms with E-state index in [1.807, 2.05) is 0 Å². The lowest BCUT2D eigenvalue weighted by molar-refractivity contribution is 0.0928. The normalized spacial score (nSPS) is 19.5. The molecule has 2 rings (SSSR count). The van der Waals surface area contributed by atoms with E-state index in [-0.39, 0.29) is 17.4 Å². The van der Waals surface area contributed by atoms with E-state index in [4.69, 9.17) is 14.2 Å². The van der Waals surface area contributed by atoms with Crippen molar-refractivity contribution in [2.75, 3.05) is 34.4 Å². The Balaban J connectivity index is 2.12. The summed E-state index contributed by atoms with van der Waals surface area (Å²) >= 11 is 0. The smallest absolute Gasteiger partial charge is 0.251 e. The zero-order valence-corrected chi connectivity index (χ0v) is 15.2. The lowest BCUT2D eigenvalue weighted by Gasteiger charge is -2.39. The summed E-state index contributed by atoms with van der Waals surface area (Å²) in [5.41, 5.74) is 0.652. The highest BCUT2D eigenvalue weighted by Gasteiger charge is 2.32. The topological polar surface area (TPSA) is 68.8 Å². The molecular weight excluding hydrogens is 308 g/mol. The van der Waals surface area contributed by atoms with Crippen LogP contribution in [0.25, 0.3) is 0 Å². The Morgan fingerprint density at radius 2 is 1.83 bits per heavy atom. The van der Waals surface area contributed by atoms with Gasteiger partial charge >= 0.3 is 0 Å². The van der Waals surface area contributed by atoms with Crippen molar-refractivity contribution in [2.45, 2.75) is 32.7 Å². The van der Waals surface area contributed by atoms with Crippen molar-refractivity contribution in [3.05, 3.63) is 17.7 Å². The molecule has 1 saturated heterocycles. The molecule has 1 amide bonds. The second-order valence-electron chi connectivity index (χ2n) is 6.72. The van der Waals surface area contributed by atoms with Gasteiger partial charge in [-0.3, -0.25) is 4.79 Å². The summed E-state index contributed by atoms with van der Waals surface area (Å²) in [5.74, 6) is 1.26. The molecule has 1 aromatic rings. The molecule has 1 atom stereocenters. The molecular formula is C18H28N2O4. The summed E-state index contributed by atoms with van der Waals surface area (Å²) in [6.07, 6.45) is 2.33. The Morgan fingerprint density at radius 1 is 1.21 bits per heavy atom. The Hall–Kier alpha value is -1.95. The number of benzene rings is 1. The van der Waals surface area contributed by atoms with Crippen molar-refractivity contribution < 1.29 is 19.0 Å². The van der Waals surface area contributed by atoms with Crippen molar-refractivity contribution in [1.82, 2.24) is 10.6 Å². The third kappa shape index (κ3) is 3.93. The number of nitrogens with one attached hydrogen (secondary N) is 2. The summed E-state index contributed by atoms with van der Waals surface area (Å²) < 4.78 is 15.9. The van der Waals surface area contributed by atoms with Gasteiger partial charge in [0.25, 0.3) is 5.91 Å². The molecule has 134 valence electrons. The average molecular weight is 336 g/mol. The van der Waals surface area contributed by atoms with Crippen LogP contribution in [-0.2, 0) is 0 Å². The van der Waals surface area contributed by atoms with E-state index in [1.54, 1.807) is 12.1 Å². The van der Waals surface area contributed by atoms with Crippen molar-refractivity contribution in [3.63, 3.8) is 0 Å². The molecule has 1 heterocycles. The molecule has 0 aliphatic carbocycles. The first-order valence-electron chi connectivity index (χ1n) is 8.24. The van der Waals surface area contributed by atoms with E-state index in [2.05, 4.69) is 24.5 Å². The zero-order valence-electron chi connectivity index (χ0n) is 15.2. The van der Waals surface area contributed by atoms with Crippen molar-refractivity contribution in [3.8, 4) is 17.2 Å². The standard InChI is InChI=1S/C18H28N2O4/c1-18(2)7-6-8-19-15(18)11-20-17(21)12-9-13(22-3)16(24-5)14(10-12)23-4/h9-10,15,19H,6-8,11H2,1-5H3,(H,20,21). The number of hydrogen-bond acceptors (Lipinski definition) is 5. The van der Waals surface area contributed by atoms with Gasteiger partial charge in [0.2, 0.25) is 5.75 Å². The Kier molecular flexibility index (Phi) is 5.94. The molecule has 6 heteroatoms. The summed E-state index contributed by atoms with van der Waals surface area (Å²) in [4.78, 5) is 12.5. The molecule has 0 saturated carbocycles. The highest BCUT2D eigenvalue weighted by molar-refractivity contribution is 5.95. The van der Waals surface area contributed by atoms with Gasteiger partial charge in [0.05, 0.1) is 21.3 Å². The molecule has 2 N–H and O–H groups in total. The fourth-order valence-corrected chi connectivity index (χ4v) is 3.13. The third-order valence-electron chi connectivity index (χ3n) is 4.73. The fourth-order valence-electron chi connectivity index (χ4n) is 3.13. The first-order valence-corrected chi connectivity index (χ1v) is 8.24. The van der Waals surface area contributed by atoms with Crippen LogP contribution < -0.4 is 24.8 Å². The van der Waals surface area contributed by atoms with Crippen molar-refractivity contribution in [2.24, 2.45) is 5.41 Å². The maximum absolute atomic E-state index is 12.5. The van der Waals surface area contributed by atoms with E-state index < -0.39 is 0 Å². The monoisotopic (exact) mass is 336 g/mol. The number of hydrogen-bond donors (Lipinski definition) is 2. The third-order valence-corrected chi connectivity index (χ3v) is 4.73. The highest BCUT2D eigenvalue weighted by atomic mass is 16.5. The molecule has 0 bridgehead atoms. The van der Waals surface area contributed by atoms with Gasteiger partial charge in [-0.15, -0.1) is 0 Å². The number of ether oxygens (including phenoxy) is 3. The molecule has 0 aromatic heterocycles. The van der Waals surface area contributed by atoms with Crippen LogP contribution in [0, 0.1) is 5.41 Å². The van der Waals surface area contributed by atoms with Crippen LogP contribution in [0.4, 0.5) is 0 Å². The molecule has 1 fully saturated rings. The van der Waals surface area contributed by atoms with E-state index in [1.165, 1.54) is 27.8 Å². The minimum atomic E-state index is -0.155. The minimum Gasteiger partial charge on any atom is -0.493 e. The maximum Gasteiger partial charge on any atom is 0.251 e. The second-order valence-corrected chi connectivity index (χ2v) is 6.72. The zero-order chi connectivity index (χ0) is 17.7. The van der Waals surface area contributed by atoms with Crippen LogP contribution in [0.15, 0.2) is 12.1 Å². The first-order chi connectivity index (χ1) is 11.4. The van der Waals surface area contributed by atoms with Gasteiger partial charge in [-0.05, 0) is 36.9 Å². The maximum atomic E-state index is 12.5. The Labute approximate surface area is 143 Å². The van der Waals surface area contributed by atoms with Crippen LogP contribution in [0.2, 0.25) is 0 Å². The lowest BCUT2D eigenvalue weighted by Crippen LogP contribution is -2.52. The molecule has 1 aliphatic heterocycles. The summed E-state index contributed by atoms with van der Waals surface area (Å²) in [6, 6.07) is 3.59. The van der Waals surface area contributed by atoms with E-state index in [0.717, 1.165) is 13.0 Å². The Bertz CT molecular complexity index is 561. The summed E-state index contributed by atoms with van der Waals surface area (Å²) in [6.45, 7) is 6.04. The average Bonchev–Trinajstić information content (AvgIpc) is 2.58. The van der Waals surface area contributed by atoms with Gasteiger partial charge in [0, 0.05) is 18.2 Å². The van der Waals surface area contributed by atoms with Crippen LogP contribution >= 0.6 is 0 Å². The largest absolute Gasteiger partial charge is 0.493 e. The predicted octanol–water partition coefficient (Wildman–Crippen LogP) is 2.22. The van der Waals surface area contributed by atoms with E-state index in [0.29, 0.717) is 29.4 Å². The van der Waals surface area contributed by atoms with E-state index >= 15 is 0 Å². The quantitative estimate of drug-likeness (QED) is 0.834. The summed E-state index contributed by atoms with van der Waals surface area (Å²) in [7, 11) is 4.61. The first kappa shape index (κ1) is 18.4. The van der Waals surface area contributed by atoms with Crippen LogP contribution in [-0.4, -0.2) is 46.4 Å². The molecule has 1 aromatic carbocycles. The fraction of sp³-hybridized carbons (Fsp3) is 0.611. The van der Waals surface area contributed by atoms with Gasteiger partial charge in [-0.2, -0.15) is 0 Å². The molecule has 1 aliphatic rings. The second kappa shape index (κ2) is 7.75. The number of amides is 1. The predicted molar refractivity (Wildman–Crippen MR) is 93.2 cm³/mol. The van der Waals surface area contributed by atoms with Gasteiger partial charge in [0.1, 0.15) is 0 Å². The van der Waals surface area contributed by atoms with Crippen LogP contribution in [0.3, 0.4) is 0 Å². The van der Waals surface area contributed by atoms with Gasteiger partial charge in [-0.1, -0.05) is 13.8 Å². The number of methoxy groups -OCH3 is 3. The molecule has 0 radical (unpaired) electrons. The summed E-state index contributed by atoms with van der Waals surface area (Å²) in [5, 5.41) is 6.51. The van der Waals surface area contributed by atoms with Gasteiger partial charge in [-0.25, -0.2) is 0 Å². The van der Waals surface area contributed by atoms with Gasteiger partial charge in [0.15, 0.2) is 11.5 Å². The lowest BCUT2D eigenvalue weighted by atomic mass is 9.77.